The van der Waals surface area contributed by atoms with Crippen LogP contribution < -0.4 is 4.90 Å². The van der Waals surface area contributed by atoms with Crippen LogP contribution in [0, 0.1) is 0 Å². The molecule has 0 aromatic carbocycles. The maximum absolute atomic E-state index is 11.0. The van der Waals surface area contributed by atoms with Crippen LogP contribution in [0.1, 0.15) is 47.1 Å². The molecule has 0 amide bonds. The molecule has 2 aromatic heterocycles. The van der Waals surface area contributed by atoms with Crippen LogP contribution in [0.2, 0.25) is 0 Å². The lowest BCUT2D eigenvalue weighted by atomic mass is 9.94. The highest BCUT2D eigenvalue weighted by Crippen LogP contribution is 2.56. The van der Waals surface area contributed by atoms with Gasteiger partial charge in [-0.05, 0) is 37.1 Å². The van der Waals surface area contributed by atoms with Crippen molar-refractivity contribution in [2.45, 2.75) is 33.1 Å². The van der Waals surface area contributed by atoms with Crippen LogP contribution >= 0.6 is 22.7 Å². The highest BCUT2D eigenvalue weighted by atomic mass is 32.1. The van der Waals surface area contributed by atoms with Crippen molar-refractivity contribution in [2.75, 3.05) is 18.0 Å². The van der Waals surface area contributed by atoms with Gasteiger partial charge in [-0.3, -0.25) is 4.79 Å². The van der Waals surface area contributed by atoms with E-state index in [0.29, 0.717) is 0 Å². The maximum Gasteiger partial charge on any atom is 0.160 e. The van der Waals surface area contributed by atoms with E-state index in [9.17, 15) is 4.79 Å². The smallest absolute Gasteiger partial charge is 0.160 e. The molecule has 0 radical (unpaired) electrons. The lowest BCUT2D eigenvalue weighted by Crippen LogP contribution is -2.20. The third kappa shape index (κ3) is 1.78. The molecule has 0 saturated heterocycles. The van der Waals surface area contributed by atoms with Crippen molar-refractivity contribution in [3.05, 3.63) is 26.8 Å². The molecule has 2 aromatic rings. The summed E-state index contributed by atoms with van der Waals surface area (Å²) in [6.45, 7) is 11.0. The van der Waals surface area contributed by atoms with Gasteiger partial charge >= 0.3 is 0 Å². The highest BCUT2D eigenvalue weighted by molar-refractivity contribution is 7.18. The molecule has 0 spiro atoms. The Morgan fingerprint density at radius 3 is 2.30 bits per heavy atom. The van der Waals surface area contributed by atoms with Gasteiger partial charge in [0.15, 0.2) is 6.29 Å². The molecule has 3 rings (SSSR count). The number of thiophene rings is 2. The van der Waals surface area contributed by atoms with Gasteiger partial charge in [-0.1, -0.05) is 13.8 Å². The first-order valence-corrected chi connectivity index (χ1v) is 8.65. The summed E-state index contributed by atoms with van der Waals surface area (Å²) in [5.74, 6) is 0. The topological polar surface area (TPSA) is 20.3 Å². The Bertz CT molecular complexity index is 662. The van der Waals surface area contributed by atoms with Crippen LogP contribution in [0.15, 0.2) is 12.1 Å². The molecule has 0 saturated carbocycles. The molecule has 0 aliphatic heterocycles. The van der Waals surface area contributed by atoms with Crippen LogP contribution in [-0.4, -0.2) is 19.4 Å². The third-order valence-corrected chi connectivity index (χ3v) is 6.99. The van der Waals surface area contributed by atoms with Crippen LogP contribution in [0.4, 0.5) is 5.00 Å². The Balaban J connectivity index is 2.15. The van der Waals surface area contributed by atoms with E-state index in [1.54, 1.807) is 11.3 Å². The number of carbonyl (C=O) groups excluding carboxylic acids is 1. The van der Waals surface area contributed by atoms with Crippen LogP contribution in [0.3, 0.4) is 0 Å². The molecular formula is C16H19NOS2. The quantitative estimate of drug-likeness (QED) is 0.758. The number of hydrogen-bond acceptors (Lipinski definition) is 4. The summed E-state index contributed by atoms with van der Waals surface area (Å²) in [6.07, 6.45) is 0.969. The molecule has 1 aliphatic rings. The molecule has 0 atom stereocenters. The Kier molecular flexibility index (Phi) is 3.26. The number of hydrogen-bond donors (Lipinski definition) is 0. The van der Waals surface area contributed by atoms with Crippen molar-refractivity contribution in [1.82, 2.24) is 0 Å². The monoisotopic (exact) mass is 305 g/mol. The maximum atomic E-state index is 11.0. The van der Waals surface area contributed by atoms with E-state index in [1.165, 1.54) is 25.9 Å². The van der Waals surface area contributed by atoms with Gasteiger partial charge in [0.1, 0.15) is 0 Å². The number of anilines is 1. The first kappa shape index (κ1) is 13.8. The van der Waals surface area contributed by atoms with Crippen molar-refractivity contribution < 1.29 is 4.79 Å². The SMILES string of the molecule is CCN(CC)c1cc2c(s1)C(C)(C)c1sc(C=O)cc1-2. The molecule has 0 fully saturated rings. The number of nitrogens with zero attached hydrogens (tertiary/aromatic N) is 1. The standard InChI is InChI=1S/C16H19NOS2/c1-5-17(6-2)13-8-12-11-7-10(9-18)19-14(11)16(3,4)15(12)20-13/h7-9H,5-6H2,1-4H3. The van der Waals surface area contributed by atoms with E-state index in [2.05, 4.69) is 44.7 Å². The normalized spacial score (nSPS) is 15.0. The Labute approximate surface area is 128 Å². The fraction of sp³-hybridized carbons (Fsp3) is 0.438. The number of carbonyl (C=O) groups is 1. The average molecular weight is 305 g/mol. The summed E-state index contributed by atoms with van der Waals surface area (Å²) in [5.41, 5.74) is 2.64. The largest absolute Gasteiger partial charge is 0.364 e. The Morgan fingerprint density at radius 2 is 1.70 bits per heavy atom. The predicted octanol–water partition coefficient (Wildman–Crippen LogP) is 4.77. The van der Waals surface area contributed by atoms with Crippen molar-refractivity contribution in [2.24, 2.45) is 0 Å². The minimum Gasteiger partial charge on any atom is -0.364 e. The molecule has 2 heterocycles. The van der Waals surface area contributed by atoms with E-state index in [0.717, 1.165) is 24.3 Å². The van der Waals surface area contributed by atoms with E-state index in [4.69, 9.17) is 0 Å². The van der Waals surface area contributed by atoms with Gasteiger partial charge in [0.05, 0.1) is 9.88 Å². The minimum absolute atomic E-state index is 0.0344. The molecule has 106 valence electrons. The van der Waals surface area contributed by atoms with Crippen molar-refractivity contribution in [3.63, 3.8) is 0 Å². The molecule has 20 heavy (non-hydrogen) atoms. The Hall–Kier alpha value is -1.13. The zero-order valence-corrected chi connectivity index (χ0v) is 14.0. The Morgan fingerprint density at radius 1 is 1.10 bits per heavy atom. The van der Waals surface area contributed by atoms with Gasteiger partial charge in [-0.2, -0.15) is 0 Å². The second kappa shape index (κ2) is 4.71. The average Bonchev–Trinajstić information content (AvgIpc) is 3.07. The van der Waals surface area contributed by atoms with Crippen molar-refractivity contribution >= 4 is 34.0 Å². The van der Waals surface area contributed by atoms with E-state index in [-0.39, 0.29) is 5.41 Å². The van der Waals surface area contributed by atoms with Gasteiger partial charge in [-0.15, -0.1) is 22.7 Å². The van der Waals surface area contributed by atoms with Crippen LogP contribution in [0.5, 0.6) is 0 Å². The first-order chi connectivity index (χ1) is 9.52. The molecule has 4 heteroatoms. The number of rotatable bonds is 4. The summed E-state index contributed by atoms with van der Waals surface area (Å²) in [6, 6.07) is 4.36. The summed E-state index contributed by atoms with van der Waals surface area (Å²) in [7, 11) is 0. The van der Waals surface area contributed by atoms with Gasteiger partial charge < -0.3 is 4.90 Å². The lowest BCUT2D eigenvalue weighted by Gasteiger charge is -2.21. The van der Waals surface area contributed by atoms with E-state index in [1.807, 2.05) is 11.3 Å². The van der Waals surface area contributed by atoms with Crippen LogP contribution in [-0.2, 0) is 5.41 Å². The van der Waals surface area contributed by atoms with Gasteiger partial charge in [0.25, 0.3) is 0 Å². The zero-order chi connectivity index (χ0) is 14.5. The molecular weight excluding hydrogens is 286 g/mol. The van der Waals surface area contributed by atoms with Gasteiger partial charge in [-0.25, -0.2) is 0 Å². The lowest BCUT2D eigenvalue weighted by molar-refractivity contribution is 0.112. The van der Waals surface area contributed by atoms with E-state index < -0.39 is 0 Å². The van der Waals surface area contributed by atoms with Crippen molar-refractivity contribution in [3.8, 4) is 11.1 Å². The summed E-state index contributed by atoms with van der Waals surface area (Å²) < 4.78 is 0. The van der Waals surface area contributed by atoms with E-state index >= 15 is 0 Å². The molecule has 0 N–H and O–H groups in total. The molecule has 0 unspecified atom stereocenters. The second-order valence-corrected chi connectivity index (χ2v) is 7.75. The fourth-order valence-corrected chi connectivity index (χ4v) is 5.54. The minimum atomic E-state index is 0.0344. The zero-order valence-electron chi connectivity index (χ0n) is 12.3. The molecule has 1 aliphatic carbocycles. The summed E-state index contributed by atoms with van der Waals surface area (Å²) in [4.78, 5) is 17.1. The number of aldehydes is 1. The predicted molar refractivity (Wildman–Crippen MR) is 88.7 cm³/mol. The summed E-state index contributed by atoms with van der Waals surface area (Å²) in [5, 5.41) is 1.34. The fourth-order valence-electron chi connectivity index (χ4n) is 2.97. The van der Waals surface area contributed by atoms with Crippen LogP contribution in [0.25, 0.3) is 11.1 Å². The molecule has 2 nitrogen and oxygen atoms in total. The molecule has 0 bridgehead atoms. The number of fused-ring (bicyclic) bond motifs is 3. The third-order valence-electron chi connectivity index (χ3n) is 4.09. The summed E-state index contributed by atoms with van der Waals surface area (Å²) >= 11 is 3.55. The first-order valence-electron chi connectivity index (χ1n) is 7.02. The second-order valence-electron chi connectivity index (χ2n) is 5.63. The van der Waals surface area contributed by atoms with Crippen molar-refractivity contribution in [1.29, 1.82) is 0 Å². The highest BCUT2D eigenvalue weighted by Gasteiger charge is 2.40. The van der Waals surface area contributed by atoms with Gasteiger partial charge in [0.2, 0.25) is 0 Å². The van der Waals surface area contributed by atoms with Gasteiger partial charge in [0, 0.05) is 28.3 Å².